The van der Waals surface area contributed by atoms with Gasteiger partial charge in [0.25, 0.3) is 0 Å². The number of anilines is 1. The summed E-state index contributed by atoms with van der Waals surface area (Å²) in [5.74, 6) is 0.723. The molecule has 0 bridgehead atoms. The number of nitrogens with zero attached hydrogens (tertiary/aromatic N) is 4. The van der Waals surface area contributed by atoms with Crippen LogP contribution in [0.4, 0.5) is 5.00 Å². The molecule has 0 saturated carbocycles. The largest absolute Gasteiger partial charge is 0.316 e. The third-order valence-electron chi connectivity index (χ3n) is 5.27. The van der Waals surface area contributed by atoms with Crippen LogP contribution in [0.25, 0.3) is 11.4 Å². The van der Waals surface area contributed by atoms with Gasteiger partial charge in [-0.2, -0.15) is 5.26 Å². The Kier molecular flexibility index (Phi) is 6.96. The van der Waals surface area contributed by atoms with E-state index in [1.165, 1.54) is 23.1 Å². The number of aromatic nitrogens is 3. The van der Waals surface area contributed by atoms with E-state index in [4.69, 9.17) is 11.6 Å². The molecule has 6 nitrogen and oxygen atoms in total. The molecule has 2 aromatic heterocycles. The highest BCUT2D eigenvalue weighted by molar-refractivity contribution is 7.99. The van der Waals surface area contributed by atoms with Crippen molar-refractivity contribution in [2.24, 2.45) is 0 Å². The molecule has 160 valence electrons. The number of benzene rings is 1. The van der Waals surface area contributed by atoms with E-state index in [1.807, 2.05) is 35.8 Å². The zero-order valence-electron chi connectivity index (χ0n) is 17.2. The predicted molar refractivity (Wildman–Crippen MR) is 126 cm³/mol. The van der Waals surface area contributed by atoms with E-state index in [9.17, 15) is 10.1 Å². The minimum atomic E-state index is -0.150. The van der Waals surface area contributed by atoms with Gasteiger partial charge in [-0.15, -0.1) is 21.5 Å². The maximum Gasteiger partial charge on any atom is 0.235 e. The van der Waals surface area contributed by atoms with Crippen LogP contribution in [0, 0.1) is 11.3 Å². The van der Waals surface area contributed by atoms with E-state index in [-0.39, 0.29) is 11.7 Å². The van der Waals surface area contributed by atoms with Gasteiger partial charge >= 0.3 is 0 Å². The fourth-order valence-electron chi connectivity index (χ4n) is 3.76. The summed E-state index contributed by atoms with van der Waals surface area (Å²) in [6.45, 7) is 2.67. The molecule has 0 spiro atoms. The quantitative estimate of drug-likeness (QED) is 0.376. The first-order valence-corrected chi connectivity index (χ1v) is 12.5. The summed E-state index contributed by atoms with van der Waals surface area (Å²) in [6, 6.07) is 9.81. The highest BCUT2D eigenvalue weighted by atomic mass is 35.5. The monoisotopic (exact) mass is 471 g/mol. The average molecular weight is 472 g/mol. The van der Waals surface area contributed by atoms with Crippen LogP contribution in [0.1, 0.15) is 42.2 Å². The molecular weight excluding hydrogens is 450 g/mol. The summed E-state index contributed by atoms with van der Waals surface area (Å²) >= 11 is 9.20. The number of hydrogen-bond acceptors (Lipinski definition) is 6. The van der Waals surface area contributed by atoms with Gasteiger partial charge in [-0.3, -0.25) is 4.79 Å². The van der Waals surface area contributed by atoms with Crippen molar-refractivity contribution in [3.63, 3.8) is 0 Å². The lowest BCUT2D eigenvalue weighted by molar-refractivity contribution is -0.113. The molecule has 1 aliphatic rings. The molecule has 31 heavy (non-hydrogen) atoms. The molecule has 0 aliphatic heterocycles. The van der Waals surface area contributed by atoms with E-state index in [1.54, 1.807) is 11.3 Å². The third kappa shape index (κ3) is 4.64. The van der Waals surface area contributed by atoms with Crippen LogP contribution in [0.15, 0.2) is 29.4 Å². The van der Waals surface area contributed by atoms with Crippen LogP contribution in [0.3, 0.4) is 0 Å². The van der Waals surface area contributed by atoms with Crippen molar-refractivity contribution in [2.45, 2.75) is 50.7 Å². The maximum atomic E-state index is 12.7. The first-order chi connectivity index (χ1) is 15.1. The Hall–Kier alpha value is -2.34. The molecule has 1 amide bonds. The maximum absolute atomic E-state index is 12.7. The minimum absolute atomic E-state index is 0.150. The molecule has 4 rings (SSSR count). The number of thiophene rings is 1. The number of thioether (sulfide) groups is 1. The van der Waals surface area contributed by atoms with Gasteiger partial charge in [0.05, 0.1) is 16.3 Å². The average Bonchev–Trinajstić information content (AvgIpc) is 3.24. The number of rotatable bonds is 6. The van der Waals surface area contributed by atoms with E-state index >= 15 is 0 Å². The Morgan fingerprint density at radius 2 is 2.10 bits per heavy atom. The van der Waals surface area contributed by atoms with Crippen LogP contribution < -0.4 is 5.32 Å². The number of carbonyl (C=O) groups is 1. The molecule has 0 radical (unpaired) electrons. The molecule has 1 aliphatic carbocycles. The van der Waals surface area contributed by atoms with Crippen molar-refractivity contribution in [1.82, 2.24) is 14.8 Å². The first-order valence-electron chi connectivity index (χ1n) is 10.3. The van der Waals surface area contributed by atoms with Crippen molar-refractivity contribution < 1.29 is 4.79 Å². The summed E-state index contributed by atoms with van der Waals surface area (Å²) in [7, 11) is 0. The highest BCUT2D eigenvalue weighted by Gasteiger charge is 2.22. The Balaban J connectivity index is 1.47. The second-order valence-electron chi connectivity index (χ2n) is 7.25. The zero-order chi connectivity index (χ0) is 21.8. The molecule has 9 heteroatoms. The van der Waals surface area contributed by atoms with Gasteiger partial charge in [0.15, 0.2) is 11.0 Å². The summed E-state index contributed by atoms with van der Waals surface area (Å²) in [5.41, 5.74) is 2.58. The summed E-state index contributed by atoms with van der Waals surface area (Å²) in [4.78, 5) is 13.9. The van der Waals surface area contributed by atoms with Gasteiger partial charge in [-0.25, -0.2) is 0 Å². The lowest BCUT2D eigenvalue weighted by atomic mass is 10.1. The Morgan fingerprint density at radius 3 is 2.87 bits per heavy atom. The summed E-state index contributed by atoms with van der Waals surface area (Å²) < 4.78 is 1.95. The second kappa shape index (κ2) is 9.86. The van der Waals surface area contributed by atoms with Gasteiger partial charge in [0.2, 0.25) is 5.91 Å². The number of hydrogen-bond donors (Lipinski definition) is 1. The van der Waals surface area contributed by atoms with Crippen molar-refractivity contribution in [3.8, 4) is 17.5 Å². The highest BCUT2D eigenvalue weighted by Crippen LogP contribution is 2.37. The van der Waals surface area contributed by atoms with E-state index < -0.39 is 0 Å². The van der Waals surface area contributed by atoms with Crippen LogP contribution >= 0.6 is 34.7 Å². The fraction of sp³-hybridized carbons (Fsp3) is 0.364. The molecule has 3 aromatic rings. The molecule has 0 saturated heterocycles. The lowest BCUT2D eigenvalue weighted by Crippen LogP contribution is -2.14. The Bertz CT molecular complexity index is 1150. The summed E-state index contributed by atoms with van der Waals surface area (Å²) in [5, 5.41) is 23.1. The number of nitrogens with one attached hydrogen (secondary N) is 1. The normalized spacial score (nSPS) is 13.3. The molecular formula is C22H22ClN5OS2. The number of halogens is 1. The van der Waals surface area contributed by atoms with E-state index in [0.29, 0.717) is 33.1 Å². The van der Waals surface area contributed by atoms with Gasteiger partial charge in [-0.1, -0.05) is 41.9 Å². The number of nitriles is 1. The zero-order valence-corrected chi connectivity index (χ0v) is 19.5. The smallest absolute Gasteiger partial charge is 0.235 e. The lowest BCUT2D eigenvalue weighted by Gasteiger charge is -2.08. The van der Waals surface area contributed by atoms with Crippen LogP contribution in [0.2, 0.25) is 5.02 Å². The van der Waals surface area contributed by atoms with Crippen molar-refractivity contribution in [3.05, 3.63) is 45.3 Å². The molecule has 0 unspecified atom stereocenters. The fourth-order valence-corrected chi connectivity index (χ4v) is 6.04. The van der Waals surface area contributed by atoms with Crippen LogP contribution in [-0.4, -0.2) is 26.4 Å². The Labute approximate surface area is 194 Å². The third-order valence-corrected chi connectivity index (χ3v) is 7.77. The number of amides is 1. The molecule has 0 fully saturated rings. The number of aryl methyl sites for hydroxylation is 1. The number of fused-ring (bicyclic) bond motifs is 1. The Morgan fingerprint density at radius 1 is 1.29 bits per heavy atom. The first kappa shape index (κ1) is 21.9. The van der Waals surface area contributed by atoms with Gasteiger partial charge in [0.1, 0.15) is 11.1 Å². The summed E-state index contributed by atoms with van der Waals surface area (Å²) in [6.07, 6.45) is 5.34. The predicted octanol–water partition coefficient (Wildman–Crippen LogP) is 5.55. The second-order valence-corrected chi connectivity index (χ2v) is 9.70. The van der Waals surface area contributed by atoms with Crippen molar-refractivity contribution in [2.75, 3.05) is 11.1 Å². The van der Waals surface area contributed by atoms with Crippen molar-refractivity contribution in [1.29, 1.82) is 5.26 Å². The van der Waals surface area contributed by atoms with E-state index in [0.717, 1.165) is 36.8 Å². The molecule has 1 aromatic carbocycles. The van der Waals surface area contributed by atoms with Crippen molar-refractivity contribution >= 4 is 45.6 Å². The SMILES string of the molecule is CCn1c(SCC(=O)Nc2sc3c(c2C#N)CCCCC3)nnc1-c1ccccc1Cl. The van der Waals surface area contributed by atoms with Gasteiger partial charge in [-0.05, 0) is 50.3 Å². The van der Waals surface area contributed by atoms with E-state index in [2.05, 4.69) is 21.6 Å². The van der Waals surface area contributed by atoms with Crippen LogP contribution in [-0.2, 0) is 24.2 Å². The number of carbonyl (C=O) groups excluding carboxylic acids is 1. The minimum Gasteiger partial charge on any atom is -0.316 e. The molecule has 2 heterocycles. The van der Waals surface area contributed by atoms with Gasteiger partial charge in [0, 0.05) is 17.0 Å². The topological polar surface area (TPSA) is 83.6 Å². The van der Waals surface area contributed by atoms with Gasteiger partial charge < -0.3 is 9.88 Å². The molecule has 0 atom stereocenters. The van der Waals surface area contributed by atoms with Crippen LogP contribution in [0.5, 0.6) is 0 Å². The standard InChI is InChI=1S/C22H22ClN5OS2/c1-2-28-20(15-9-6-7-10-17(15)23)26-27-22(28)30-13-19(29)25-21-16(12-24)14-8-4-3-5-11-18(14)31-21/h6-7,9-10H,2-5,8,11,13H2,1H3,(H,25,29). The molecule has 1 N–H and O–H groups in total.